The standard InChI is InChI=1S/C18H20BrFN2S/c1-11(2)17(14-7-5-4-6-12(14)3)22-18(23)21-16-9-8-13(19)10-15(16)20/h4-11,17H,1-3H3,(H2,21,22,23). The van der Waals surface area contributed by atoms with E-state index in [1.165, 1.54) is 17.2 Å². The van der Waals surface area contributed by atoms with Crippen LogP contribution >= 0.6 is 28.1 Å². The Morgan fingerprint density at radius 1 is 1.17 bits per heavy atom. The lowest BCUT2D eigenvalue weighted by Crippen LogP contribution is -2.35. The Morgan fingerprint density at radius 2 is 1.87 bits per heavy atom. The predicted octanol–water partition coefficient (Wildman–Crippen LogP) is 5.58. The number of anilines is 1. The van der Waals surface area contributed by atoms with Crippen LogP contribution in [0.2, 0.25) is 0 Å². The van der Waals surface area contributed by atoms with Crippen molar-refractivity contribution >= 4 is 38.9 Å². The topological polar surface area (TPSA) is 24.1 Å². The van der Waals surface area contributed by atoms with Gasteiger partial charge < -0.3 is 10.6 Å². The first-order valence-electron chi connectivity index (χ1n) is 7.46. The summed E-state index contributed by atoms with van der Waals surface area (Å²) in [5.74, 6) is -0.00821. The molecule has 0 heterocycles. The minimum atomic E-state index is -0.347. The van der Waals surface area contributed by atoms with Crippen LogP contribution in [0.5, 0.6) is 0 Å². The van der Waals surface area contributed by atoms with Crippen molar-refractivity contribution in [2.75, 3.05) is 5.32 Å². The Labute approximate surface area is 150 Å². The smallest absolute Gasteiger partial charge is 0.171 e. The lowest BCUT2D eigenvalue weighted by atomic mass is 9.93. The second-order valence-corrected chi connectivity index (χ2v) is 7.12. The molecular formula is C18H20BrFN2S. The summed E-state index contributed by atoms with van der Waals surface area (Å²) in [5, 5.41) is 6.65. The summed E-state index contributed by atoms with van der Waals surface area (Å²) in [6.45, 7) is 6.34. The number of halogens is 2. The van der Waals surface area contributed by atoms with Crippen molar-refractivity contribution in [3.05, 3.63) is 63.9 Å². The van der Waals surface area contributed by atoms with Crippen LogP contribution in [0.3, 0.4) is 0 Å². The zero-order valence-corrected chi connectivity index (χ0v) is 15.8. The molecule has 1 atom stereocenters. The van der Waals surface area contributed by atoms with Gasteiger partial charge in [0.25, 0.3) is 0 Å². The van der Waals surface area contributed by atoms with Crippen molar-refractivity contribution < 1.29 is 4.39 Å². The van der Waals surface area contributed by atoms with Crippen molar-refractivity contribution in [1.29, 1.82) is 0 Å². The molecule has 0 aliphatic rings. The molecule has 2 rings (SSSR count). The summed E-state index contributed by atoms with van der Waals surface area (Å²) in [4.78, 5) is 0. The van der Waals surface area contributed by atoms with E-state index in [1.807, 2.05) is 12.1 Å². The Morgan fingerprint density at radius 3 is 2.48 bits per heavy atom. The van der Waals surface area contributed by atoms with Gasteiger partial charge in [-0.1, -0.05) is 54.0 Å². The first-order chi connectivity index (χ1) is 10.9. The number of benzene rings is 2. The van der Waals surface area contributed by atoms with E-state index in [2.05, 4.69) is 59.5 Å². The number of nitrogens with one attached hydrogen (secondary N) is 2. The van der Waals surface area contributed by atoms with Gasteiger partial charge in [0, 0.05) is 4.47 Å². The highest BCUT2D eigenvalue weighted by atomic mass is 79.9. The molecule has 0 fully saturated rings. The molecule has 2 aromatic rings. The van der Waals surface area contributed by atoms with Gasteiger partial charge in [0.15, 0.2) is 5.11 Å². The monoisotopic (exact) mass is 394 g/mol. The summed E-state index contributed by atoms with van der Waals surface area (Å²) in [6.07, 6.45) is 0. The predicted molar refractivity (Wildman–Crippen MR) is 102 cm³/mol. The molecule has 0 aromatic heterocycles. The second-order valence-electron chi connectivity index (χ2n) is 5.80. The Balaban J connectivity index is 2.14. The summed E-state index contributed by atoms with van der Waals surface area (Å²) in [5.41, 5.74) is 2.76. The zero-order chi connectivity index (χ0) is 17.0. The molecule has 0 amide bonds. The zero-order valence-electron chi connectivity index (χ0n) is 13.4. The summed E-state index contributed by atoms with van der Waals surface area (Å²) in [7, 11) is 0. The lowest BCUT2D eigenvalue weighted by molar-refractivity contribution is 0.471. The maximum Gasteiger partial charge on any atom is 0.171 e. The van der Waals surface area contributed by atoms with Crippen LogP contribution in [-0.4, -0.2) is 5.11 Å². The fourth-order valence-corrected chi connectivity index (χ4v) is 3.00. The van der Waals surface area contributed by atoms with Gasteiger partial charge in [-0.2, -0.15) is 0 Å². The van der Waals surface area contributed by atoms with Gasteiger partial charge in [0.2, 0.25) is 0 Å². The number of rotatable bonds is 4. The highest BCUT2D eigenvalue weighted by Gasteiger charge is 2.18. The Bertz CT molecular complexity index is 703. The van der Waals surface area contributed by atoms with Gasteiger partial charge >= 0.3 is 0 Å². The highest BCUT2D eigenvalue weighted by Crippen LogP contribution is 2.25. The SMILES string of the molecule is Cc1ccccc1C(NC(=S)Nc1ccc(Br)cc1F)C(C)C. The van der Waals surface area contributed by atoms with E-state index in [4.69, 9.17) is 12.2 Å². The summed E-state index contributed by atoms with van der Waals surface area (Å²) < 4.78 is 14.6. The van der Waals surface area contributed by atoms with Crippen molar-refractivity contribution in [1.82, 2.24) is 5.32 Å². The van der Waals surface area contributed by atoms with E-state index >= 15 is 0 Å². The minimum Gasteiger partial charge on any atom is -0.355 e. The normalized spacial score (nSPS) is 12.1. The van der Waals surface area contributed by atoms with E-state index in [0.29, 0.717) is 21.2 Å². The molecule has 2 aromatic carbocycles. The summed E-state index contributed by atoms with van der Waals surface area (Å²) in [6, 6.07) is 13.1. The van der Waals surface area contributed by atoms with Crippen LogP contribution in [0.1, 0.15) is 31.0 Å². The molecule has 0 spiro atoms. The van der Waals surface area contributed by atoms with Crippen LogP contribution in [0.15, 0.2) is 46.9 Å². The van der Waals surface area contributed by atoms with E-state index in [-0.39, 0.29) is 11.9 Å². The third-order valence-corrected chi connectivity index (χ3v) is 4.37. The first kappa shape index (κ1) is 17.9. The van der Waals surface area contributed by atoms with Gasteiger partial charge in [-0.05, 0) is 54.4 Å². The van der Waals surface area contributed by atoms with Gasteiger partial charge in [-0.15, -0.1) is 0 Å². The number of thiocarbonyl (C=S) groups is 1. The van der Waals surface area contributed by atoms with Crippen LogP contribution in [0, 0.1) is 18.7 Å². The van der Waals surface area contributed by atoms with E-state index in [9.17, 15) is 4.39 Å². The van der Waals surface area contributed by atoms with E-state index in [1.54, 1.807) is 12.1 Å². The molecule has 0 aliphatic carbocycles. The van der Waals surface area contributed by atoms with Crippen molar-refractivity contribution in [2.45, 2.75) is 26.8 Å². The molecule has 122 valence electrons. The fourth-order valence-electron chi connectivity index (χ4n) is 2.43. The third-order valence-electron chi connectivity index (χ3n) is 3.66. The quantitative estimate of drug-likeness (QED) is 0.661. The second kappa shape index (κ2) is 7.88. The van der Waals surface area contributed by atoms with Gasteiger partial charge in [-0.25, -0.2) is 4.39 Å². The average Bonchev–Trinajstić information content (AvgIpc) is 2.48. The number of hydrogen-bond acceptors (Lipinski definition) is 1. The molecule has 2 nitrogen and oxygen atoms in total. The molecule has 1 unspecified atom stereocenters. The van der Waals surface area contributed by atoms with E-state index < -0.39 is 0 Å². The van der Waals surface area contributed by atoms with Gasteiger partial charge in [-0.3, -0.25) is 0 Å². The third kappa shape index (κ3) is 4.75. The molecule has 5 heteroatoms. The highest BCUT2D eigenvalue weighted by molar-refractivity contribution is 9.10. The number of aryl methyl sites for hydroxylation is 1. The molecule has 0 aliphatic heterocycles. The molecule has 0 saturated carbocycles. The average molecular weight is 395 g/mol. The van der Waals surface area contributed by atoms with Gasteiger partial charge in [0.1, 0.15) is 5.82 Å². The van der Waals surface area contributed by atoms with E-state index in [0.717, 1.165) is 0 Å². The molecule has 2 N–H and O–H groups in total. The Hall–Kier alpha value is -1.46. The lowest BCUT2D eigenvalue weighted by Gasteiger charge is -2.26. The maximum atomic E-state index is 13.9. The van der Waals surface area contributed by atoms with Crippen LogP contribution in [0.4, 0.5) is 10.1 Å². The molecule has 0 radical (unpaired) electrons. The fraction of sp³-hybridized carbons (Fsp3) is 0.278. The largest absolute Gasteiger partial charge is 0.355 e. The van der Waals surface area contributed by atoms with Crippen molar-refractivity contribution in [3.8, 4) is 0 Å². The summed E-state index contributed by atoms with van der Waals surface area (Å²) >= 11 is 8.61. The van der Waals surface area contributed by atoms with Crippen LogP contribution in [0.25, 0.3) is 0 Å². The van der Waals surface area contributed by atoms with Crippen molar-refractivity contribution in [3.63, 3.8) is 0 Å². The van der Waals surface area contributed by atoms with Crippen LogP contribution in [-0.2, 0) is 0 Å². The Kier molecular flexibility index (Phi) is 6.13. The first-order valence-corrected chi connectivity index (χ1v) is 8.66. The number of hydrogen-bond donors (Lipinski definition) is 2. The maximum absolute atomic E-state index is 13.9. The molecule has 23 heavy (non-hydrogen) atoms. The molecule has 0 bridgehead atoms. The van der Waals surface area contributed by atoms with Crippen LogP contribution < -0.4 is 10.6 Å². The molecule has 0 saturated heterocycles. The van der Waals surface area contributed by atoms with Crippen molar-refractivity contribution in [2.24, 2.45) is 5.92 Å². The van der Waals surface area contributed by atoms with Gasteiger partial charge in [0.05, 0.1) is 11.7 Å². The minimum absolute atomic E-state index is 0.0645. The molecular weight excluding hydrogens is 375 g/mol.